The molecule has 0 aromatic rings. The number of carbonyl (C=O) groups is 3. The van der Waals surface area contributed by atoms with Gasteiger partial charge in [0.2, 0.25) is 11.8 Å². The molecule has 0 aromatic heterocycles. The Labute approximate surface area is 106 Å². The lowest BCUT2D eigenvalue weighted by Gasteiger charge is -2.33. The number of esters is 1. The molecule has 1 aliphatic heterocycles. The van der Waals surface area contributed by atoms with Crippen LogP contribution in [0.2, 0.25) is 0 Å². The summed E-state index contributed by atoms with van der Waals surface area (Å²) < 4.78 is 4.84. The van der Waals surface area contributed by atoms with Gasteiger partial charge in [0.25, 0.3) is 0 Å². The van der Waals surface area contributed by atoms with Gasteiger partial charge in [-0.2, -0.15) is 0 Å². The van der Waals surface area contributed by atoms with Crippen molar-refractivity contribution >= 4 is 17.8 Å². The highest BCUT2D eigenvalue weighted by molar-refractivity contribution is 5.99. The van der Waals surface area contributed by atoms with Crippen molar-refractivity contribution in [2.75, 3.05) is 6.61 Å². The molecule has 0 aromatic carbocycles. The van der Waals surface area contributed by atoms with E-state index in [2.05, 4.69) is 10.6 Å². The van der Waals surface area contributed by atoms with Crippen LogP contribution < -0.4 is 10.6 Å². The molecule has 0 aliphatic carbocycles. The van der Waals surface area contributed by atoms with Gasteiger partial charge in [-0.3, -0.25) is 14.4 Å². The fraction of sp³-hybridized carbons (Fsp3) is 0.750. The topological polar surface area (TPSA) is 84.5 Å². The Hall–Kier alpha value is -1.59. The molecular weight excluding hydrogens is 236 g/mol. The first kappa shape index (κ1) is 14.5. The molecule has 0 saturated carbocycles. The molecule has 18 heavy (non-hydrogen) atoms. The van der Waals surface area contributed by atoms with Crippen LogP contribution in [0.5, 0.6) is 0 Å². The first-order valence-electron chi connectivity index (χ1n) is 6.15. The molecule has 0 bridgehead atoms. The lowest BCUT2D eigenvalue weighted by molar-refractivity contribution is -0.152. The van der Waals surface area contributed by atoms with Crippen molar-refractivity contribution in [3.8, 4) is 0 Å². The van der Waals surface area contributed by atoms with Crippen molar-refractivity contribution in [2.24, 2.45) is 11.8 Å². The third kappa shape index (κ3) is 3.00. The van der Waals surface area contributed by atoms with Crippen LogP contribution in [-0.4, -0.2) is 36.5 Å². The summed E-state index contributed by atoms with van der Waals surface area (Å²) in [4.78, 5) is 35.2. The second-order valence-electron chi connectivity index (χ2n) is 4.76. The Morgan fingerprint density at radius 1 is 1.17 bits per heavy atom. The third-order valence-corrected chi connectivity index (χ3v) is 2.99. The standard InChI is InChI=1S/C12H20N2O4/c1-5-18-12(17)7(4)9-11(16)13-8(6(2)3)10(15)14-9/h6-9H,5H2,1-4H3,(H,13,16)(H,14,15)/t7-,8+,9-/m1/s1. The average Bonchev–Trinajstić information content (AvgIpc) is 2.30. The van der Waals surface area contributed by atoms with E-state index in [0.29, 0.717) is 0 Å². The second-order valence-corrected chi connectivity index (χ2v) is 4.76. The van der Waals surface area contributed by atoms with E-state index in [0.717, 1.165) is 0 Å². The molecule has 2 amide bonds. The van der Waals surface area contributed by atoms with Crippen molar-refractivity contribution in [1.29, 1.82) is 0 Å². The summed E-state index contributed by atoms with van der Waals surface area (Å²) in [6.45, 7) is 7.20. The van der Waals surface area contributed by atoms with E-state index in [1.807, 2.05) is 13.8 Å². The van der Waals surface area contributed by atoms with E-state index >= 15 is 0 Å². The largest absolute Gasteiger partial charge is 0.466 e. The van der Waals surface area contributed by atoms with Crippen LogP contribution in [0.4, 0.5) is 0 Å². The van der Waals surface area contributed by atoms with Crippen LogP contribution in [0.1, 0.15) is 27.7 Å². The van der Waals surface area contributed by atoms with Crippen LogP contribution in [0.25, 0.3) is 0 Å². The number of carbonyl (C=O) groups excluding carboxylic acids is 3. The van der Waals surface area contributed by atoms with Crippen molar-refractivity contribution < 1.29 is 19.1 Å². The molecular formula is C12H20N2O4. The molecule has 1 saturated heterocycles. The van der Waals surface area contributed by atoms with Crippen molar-refractivity contribution in [3.63, 3.8) is 0 Å². The zero-order valence-electron chi connectivity index (χ0n) is 11.1. The Morgan fingerprint density at radius 2 is 1.67 bits per heavy atom. The second kappa shape index (κ2) is 5.84. The first-order chi connectivity index (χ1) is 8.38. The Kier molecular flexibility index (Phi) is 4.69. The maximum atomic E-state index is 11.9. The maximum absolute atomic E-state index is 11.9. The minimum atomic E-state index is -0.855. The van der Waals surface area contributed by atoms with E-state index in [4.69, 9.17) is 4.74 Å². The fourth-order valence-corrected chi connectivity index (χ4v) is 1.85. The van der Waals surface area contributed by atoms with E-state index in [-0.39, 0.29) is 24.3 Å². The molecule has 6 heteroatoms. The number of hydrogen-bond acceptors (Lipinski definition) is 4. The van der Waals surface area contributed by atoms with Crippen molar-refractivity contribution in [3.05, 3.63) is 0 Å². The molecule has 1 rings (SSSR count). The zero-order valence-corrected chi connectivity index (χ0v) is 11.1. The SMILES string of the molecule is CCOC(=O)[C@H](C)[C@H]1NC(=O)[C@H](C(C)C)NC1=O. The molecule has 102 valence electrons. The van der Waals surface area contributed by atoms with Crippen molar-refractivity contribution in [1.82, 2.24) is 10.6 Å². The number of hydrogen-bond donors (Lipinski definition) is 2. The monoisotopic (exact) mass is 256 g/mol. The fourth-order valence-electron chi connectivity index (χ4n) is 1.85. The van der Waals surface area contributed by atoms with Gasteiger partial charge < -0.3 is 15.4 Å². The number of nitrogens with one attached hydrogen (secondary N) is 2. The smallest absolute Gasteiger partial charge is 0.311 e. The predicted octanol–water partition coefficient (Wildman–Crippen LogP) is -0.175. The molecule has 6 nitrogen and oxygen atoms in total. The summed E-state index contributed by atoms with van der Waals surface area (Å²) in [5.41, 5.74) is 0. The van der Waals surface area contributed by atoms with Gasteiger partial charge in [-0.15, -0.1) is 0 Å². The van der Waals surface area contributed by atoms with E-state index < -0.39 is 24.0 Å². The van der Waals surface area contributed by atoms with Crippen LogP contribution in [0.15, 0.2) is 0 Å². The van der Waals surface area contributed by atoms with Crippen LogP contribution in [-0.2, 0) is 19.1 Å². The maximum Gasteiger partial charge on any atom is 0.311 e. The average molecular weight is 256 g/mol. The predicted molar refractivity (Wildman–Crippen MR) is 64.5 cm³/mol. The van der Waals surface area contributed by atoms with Crippen LogP contribution in [0, 0.1) is 11.8 Å². The summed E-state index contributed by atoms with van der Waals surface area (Å²) in [6, 6.07) is -1.39. The zero-order chi connectivity index (χ0) is 13.9. The summed E-state index contributed by atoms with van der Waals surface area (Å²) in [5.74, 6) is -1.77. The molecule has 2 N–H and O–H groups in total. The van der Waals surface area contributed by atoms with Crippen LogP contribution in [0.3, 0.4) is 0 Å². The van der Waals surface area contributed by atoms with Gasteiger partial charge in [0.05, 0.1) is 12.5 Å². The molecule has 0 spiro atoms. The number of ether oxygens (including phenoxy) is 1. The highest BCUT2D eigenvalue weighted by atomic mass is 16.5. The molecule has 1 aliphatic rings. The van der Waals surface area contributed by atoms with Crippen LogP contribution >= 0.6 is 0 Å². The Balaban J connectivity index is 2.73. The number of piperazine rings is 1. The number of amides is 2. The van der Waals surface area contributed by atoms with E-state index in [1.54, 1.807) is 13.8 Å². The minimum Gasteiger partial charge on any atom is -0.466 e. The highest BCUT2D eigenvalue weighted by Gasteiger charge is 2.40. The van der Waals surface area contributed by atoms with Gasteiger partial charge in [-0.25, -0.2) is 0 Å². The van der Waals surface area contributed by atoms with Gasteiger partial charge in [0.15, 0.2) is 0 Å². The lowest BCUT2D eigenvalue weighted by atomic mass is 9.94. The van der Waals surface area contributed by atoms with E-state index in [9.17, 15) is 14.4 Å². The molecule has 0 radical (unpaired) electrons. The third-order valence-electron chi connectivity index (χ3n) is 2.99. The summed E-state index contributed by atoms with van der Waals surface area (Å²) >= 11 is 0. The lowest BCUT2D eigenvalue weighted by Crippen LogP contribution is -2.65. The molecule has 1 heterocycles. The normalized spacial score (nSPS) is 25.4. The Morgan fingerprint density at radius 3 is 2.17 bits per heavy atom. The quantitative estimate of drug-likeness (QED) is 0.684. The Bertz CT molecular complexity index is 354. The highest BCUT2D eigenvalue weighted by Crippen LogP contribution is 2.13. The molecule has 1 fully saturated rings. The minimum absolute atomic E-state index is 0.00722. The van der Waals surface area contributed by atoms with Crippen molar-refractivity contribution in [2.45, 2.75) is 39.8 Å². The van der Waals surface area contributed by atoms with Gasteiger partial charge in [-0.05, 0) is 19.8 Å². The van der Waals surface area contributed by atoms with E-state index in [1.165, 1.54) is 0 Å². The molecule has 3 atom stereocenters. The summed E-state index contributed by atoms with van der Waals surface area (Å²) in [5, 5.41) is 5.22. The summed E-state index contributed by atoms with van der Waals surface area (Å²) in [6.07, 6.45) is 0. The summed E-state index contributed by atoms with van der Waals surface area (Å²) in [7, 11) is 0. The van der Waals surface area contributed by atoms with Gasteiger partial charge in [0, 0.05) is 0 Å². The van der Waals surface area contributed by atoms with Gasteiger partial charge >= 0.3 is 5.97 Å². The van der Waals surface area contributed by atoms with Gasteiger partial charge in [-0.1, -0.05) is 13.8 Å². The number of rotatable bonds is 4. The van der Waals surface area contributed by atoms with Gasteiger partial charge in [0.1, 0.15) is 12.1 Å². The molecule has 0 unspecified atom stereocenters. The first-order valence-corrected chi connectivity index (χ1v) is 6.15.